The second-order valence-corrected chi connectivity index (χ2v) is 9.65. The molecule has 1 aromatic heterocycles. The lowest BCUT2D eigenvalue weighted by molar-refractivity contribution is 0.0692. The summed E-state index contributed by atoms with van der Waals surface area (Å²) in [6.07, 6.45) is 8.23. The van der Waals surface area contributed by atoms with Gasteiger partial charge in [0.1, 0.15) is 17.3 Å². The van der Waals surface area contributed by atoms with Crippen molar-refractivity contribution in [1.82, 2.24) is 5.16 Å². The highest BCUT2D eigenvalue weighted by Crippen LogP contribution is 2.46. The summed E-state index contributed by atoms with van der Waals surface area (Å²) in [7, 11) is 0. The van der Waals surface area contributed by atoms with Crippen molar-refractivity contribution in [2.75, 3.05) is 18.0 Å². The van der Waals surface area contributed by atoms with Gasteiger partial charge in [-0.1, -0.05) is 46.6 Å². The number of carbonyl (C=O) groups is 1. The number of allylic oxidation sites excluding steroid dienone is 1. The highest BCUT2D eigenvalue weighted by atomic mass is 35.5. The van der Waals surface area contributed by atoms with Gasteiger partial charge in [0, 0.05) is 35.8 Å². The smallest absolute Gasteiger partial charge is 0.338 e. The Hall–Kier alpha value is -2.83. The van der Waals surface area contributed by atoms with Gasteiger partial charge < -0.3 is 14.5 Å². The summed E-state index contributed by atoms with van der Waals surface area (Å²) in [5, 5.41) is 14.4. The second-order valence-electron chi connectivity index (χ2n) is 8.83. The number of benzene rings is 2. The SMILES string of the molecule is O=C(O)c1ccc(N2CCC(/C=C/c3c(-c4c(Cl)cccc4Cl)noc3C3CC3)CC2)cc1F. The number of hydrogen-bond acceptors (Lipinski definition) is 4. The Balaban J connectivity index is 1.33. The molecule has 1 aliphatic heterocycles. The third kappa shape index (κ3) is 4.57. The average molecular weight is 501 g/mol. The molecule has 2 aliphatic rings. The van der Waals surface area contributed by atoms with Gasteiger partial charge >= 0.3 is 5.97 Å². The molecule has 0 unspecified atom stereocenters. The van der Waals surface area contributed by atoms with Crippen LogP contribution in [-0.4, -0.2) is 29.3 Å². The molecule has 0 atom stereocenters. The van der Waals surface area contributed by atoms with Gasteiger partial charge in [-0.05, 0) is 61.9 Å². The van der Waals surface area contributed by atoms with E-state index in [2.05, 4.69) is 22.2 Å². The van der Waals surface area contributed by atoms with Gasteiger partial charge in [0.2, 0.25) is 0 Å². The van der Waals surface area contributed by atoms with E-state index in [4.69, 9.17) is 32.8 Å². The van der Waals surface area contributed by atoms with Crippen molar-refractivity contribution < 1.29 is 18.8 Å². The third-order valence-electron chi connectivity index (χ3n) is 6.53. The van der Waals surface area contributed by atoms with Crippen LogP contribution in [0.2, 0.25) is 10.0 Å². The van der Waals surface area contributed by atoms with E-state index in [1.807, 2.05) is 0 Å². The predicted octanol–water partition coefficient (Wildman–Crippen LogP) is 7.29. The number of aromatic nitrogens is 1. The van der Waals surface area contributed by atoms with E-state index in [1.54, 1.807) is 24.3 Å². The number of nitrogens with zero attached hydrogens (tertiary/aromatic N) is 2. The Kier molecular flexibility index (Phi) is 6.36. The van der Waals surface area contributed by atoms with Gasteiger partial charge in [0.25, 0.3) is 0 Å². The van der Waals surface area contributed by atoms with Crippen LogP contribution in [0, 0.1) is 11.7 Å². The summed E-state index contributed by atoms with van der Waals surface area (Å²) >= 11 is 12.9. The number of hydrogen-bond donors (Lipinski definition) is 1. The molecule has 0 radical (unpaired) electrons. The second kappa shape index (κ2) is 9.43. The molecule has 1 N–H and O–H groups in total. The summed E-state index contributed by atoms with van der Waals surface area (Å²) < 4.78 is 19.8. The Morgan fingerprint density at radius 1 is 1.12 bits per heavy atom. The topological polar surface area (TPSA) is 66.6 Å². The lowest BCUT2D eigenvalue weighted by Gasteiger charge is -2.32. The van der Waals surface area contributed by atoms with Crippen molar-refractivity contribution in [1.29, 1.82) is 0 Å². The quantitative estimate of drug-likeness (QED) is 0.384. The molecule has 34 heavy (non-hydrogen) atoms. The maximum absolute atomic E-state index is 14.1. The molecule has 1 saturated carbocycles. The van der Waals surface area contributed by atoms with Gasteiger partial charge in [0.05, 0.1) is 15.6 Å². The van der Waals surface area contributed by atoms with Crippen LogP contribution in [0.3, 0.4) is 0 Å². The number of aromatic carboxylic acids is 1. The normalized spacial score (nSPS) is 17.0. The lowest BCUT2D eigenvalue weighted by atomic mass is 9.94. The number of piperidine rings is 1. The third-order valence-corrected chi connectivity index (χ3v) is 7.16. The maximum atomic E-state index is 14.1. The van der Waals surface area contributed by atoms with Gasteiger partial charge in [0.15, 0.2) is 0 Å². The molecule has 1 aliphatic carbocycles. The Morgan fingerprint density at radius 3 is 2.44 bits per heavy atom. The fourth-order valence-electron chi connectivity index (χ4n) is 4.47. The molecular formula is C26H23Cl2FN2O3. The first-order valence-electron chi connectivity index (χ1n) is 11.3. The first-order chi connectivity index (χ1) is 16.4. The van der Waals surface area contributed by atoms with Crippen molar-refractivity contribution in [3.8, 4) is 11.3 Å². The highest BCUT2D eigenvalue weighted by Gasteiger charge is 2.32. The van der Waals surface area contributed by atoms with Crippen LogP contribution in [0.15, 0.2) is 47.0 Å². The van der Waals surface area contributed by atoms with Gasteiger partial charge in [-0.2, -0.15) is 0 Å². The highest BCUT2D eigenvalue weighted by molar-refractivity contribution is 6.39. The maximum Gasteiger partial charge on any atom is 0.338 e. The molecule has 3 aromatic rings. The Morgan fingerprint density at radius 2 is 1.82 bits per heavy atom. The van der Waals surface area contributed by atoms with Crippen LogP contribution in [0.5, 0.6) is 0 Å². The van der Waals surface area contributed by atoms with E-state index in [-0.39, 0.29) is 5.56 Å². The van der Waals surface area contributed by atoms with Crippen molar-refractivity contribution >= 4 is 40.9 Å². The van der Waals surface area contributed by atoms with E-state index in [0.29, 0.717) is 38.8 Å². The molecule has 0 spiro atoms. The van der Waals surface area contributed by atoms with Crippen molar-refractivity contribution in [2.24, 2.45) is 5.92 Å². The van der Waals surface area contributed by atoms with Crippen molar-refractivity contribution in [2.45, 2.75) is 31.6 Å². The van der Waals surface area contributed by atoms with E-state index in [9.17, 15) is 9.18 Å². The van der Waals surface area contributed by atoms with E-state index in [1.165, 1.54) is 12.1 Å². The van der Waals surface area contributed by atoms with E-state index < -0.39 is 11.8 Å². The molecule has 176 valence electrons. The molecule has 1 saturated heterocycles. The molecule has 5 rings (SSSR count). The molecule has 5 nitrogen and oxygen atoms in total. The van der Waals surface area contributed by atoms with Crippen LogP contribution in [0.25, 0.3) is 17.3 Å². The van der Waals surface area contributed by atoms with Gasteiger partial charge in [-0.15, -0.1) is 0 Å². The molecule has 0 bridgehead atoms. The summed E-state index contributed by atoms with van der Waals surface area (Å²) in [6, 6.07) is 9.69. The van der Waals surface area contributed by atoms with E-state index >= 15 is 0 Å². The molecule has 0 amide bonds. The van der Waals surface area contributed by atoms with Gasteiger partial charge in [-0.3, -0.25) is 0 Å². The monoisotopic (exact) mass is 500 g/mol. The number of rotatable bonds is 6. The number of carboxylic acid groups (broad SMARTS) is 1. The number of carboxylic acids is 1. The fourth-order valence-corrected chi connectivity index (χ4v) is 5.05. The van der Waals surface area contributed by atoms with Crippen LogP contribution in [0.4, 0.5) is 10.1 Å². The van der Waals surface area contributed by atoms with E-state index in [0.717, 1.165) is 50.1 Å². The minimum atomic E-state index is -1.26. The average Bonchev–Trinajstić information content (AvgIpc) is 3.58. The summed E-state index contributed by atoms with van der Waals surface area (Å²) in [4.78, 5) is 13.1. The zero-order chi connectivity index (χ0) is 23.8. The van der Waals surface area contributed by atoms with Crippen LogP contribution < -0.4 is 4.90 Å². The number of anilines is 1. The first-order valence-corrected chi connectivity index (χ1v) is 12.1. The first kappa shape index (κ1) is 22.9. The summed E-state index contributed by atoms with van der Waals surface area (Å²) in [5.41, 5.74) is 2.68. The molecular weight excluding hydrogens is 478 g/mol. The van der Waals surface area contributed by atoms with Crippen LogP contribution >= 0.6 is 23.2 Å². The molecule has 8 heteroatoms. The van der Waals surface area contributed by atoms with Crippen molar-refractivity contribution in [3.63, 3.8) is 0 Å². The summed E-state index contributed by atoms with van der Waals surface area (Å²) in [5.74, 6) is -0.361. The molecule has 2 aromatic carbocycles. The van der Waals surface area contributed by atoms with Crippen LogP contribution in [-0.2, 0) is 0 Å². The number of halogens is 3. The summed E-state index contributed by atoms with van der Waals surface area (Å²) in [6.45, 7) is 1.51. The van der Waals surface area contributed by atoms with Crippen LogP contribution in [0.1, 0.15) is 53.3 Å². The van der Waals surface area contributed by atoms with Gasteiger partial charge in [-0.25, -0.2) is 9.18 Å². The minimum Gasteiger partial charge on any atom is -0.478 e. The largest absolute Gasteiger partial charge is 0.478 e. The fraction of sp³-hybridized carbons (Fsp3) is 0.308. The Bertz CT molecular complexity index is 1240. The zero-order valence-electron chi connectivity index (χ0n) is 18.3. The lowest BCUT2D eigenvalue weighted by Crippen LogP contribution is -2.33. The van der Waals surface area contributed by atoms with Crippen molar-refractivity contribution in [3.05, 3.63) is 75.2 Å². The molecule has 2 heterocycles. The Labute approximate surface area is 206 Å². The predicted molar refractivity (Wildman–Crippen MR) is 131 cm³/mol. The zero-order valence-corrected chi connectivity index (χ0v) is 19.8. The molecule has 2 fully saturated rings. The standard InChI is InChI=1S/C26H23Cl2FN2O3/c27-20-2-1-3-21(28)23(20)24-19(25(34-30-24)16-5-6-16)8-4-15-10-12-31(13-11-15)17-7-9-18(26(32)33)22(29)14-17/h1-4,7-9,14-16H,5-6,10-13H2,(H,32,33)/b8-4+. The minimum absolute atomic E-state index is 0.309.